The Morgan fingerprint density at radius 1 is 1.50 bits per heavy atom. The van der Waals surface area contributed by atoms with E-state index in [4.69, 9.17) is 5.73 Å². The summed E-state index contributed by atoms with van der Waals surface area (Å²) in [6, 6.07) is 0. The Hall–Kier alpha value is -0.920. The molecule has 114 valence electrons. The van der Waals surface area contributed by atoms with Crippen LogP contribution >= 0.6 is 0 Å². The molecule has 1 saturated carbocycles. The van der Waals surface area contributed by atoms with Gasteiger partial charge in [-0.05, 0) is 32.6 Å². The van der Waals surface area contributed by atoms with Gasteiger partial charge in [-0.1, -0.05) is 19.8 Å². The SMILES string of the molecule is Cc1n[nH]c(C)c1S(=O)(=O)NC1(CN)CCCC(C)C1. The zero-order valence-corrected chi connectivity index (χ0v) is 13.2. The van der Waals surface area contributed by atoms with Crippen molar-refractivity contribution in [2.24, 2.45) is 11.7 Å². The van der Waals surface area contributed by atoms with Crippen LogP contribution in [0.3, 0.4) is 0 Å². The van der Waals surface area contributed by atoms with E-state index in [1.165, 1.54) is 0 Å². The first kappa shape index (κ1) is 15.5. The van der Waals surface area contributed by atoms with Gasteiger partial charge in [0.25, 0.3) is 0 Å². The van der Waals surface area contributed by atoms with Crippen LogP contribution in [0.4, 0.5) is 0 Å². The summed E-state index contributed by atoms with van der Waals surface area (Å²) >= 11 is 0. The maximum atomic E-state index is 12.6. The number of aromatic amines is 1. The fourth-order valence-corrected chi connectivity index (χ4v) is 5.08. The number of hydrogen-bond donors (Lipinski definition) is 3. The summed E-state index contributed by atoms with van der Waals surface area (Å²) in [5.74, 6) is 0.488. The van der Waals surface area contributed by atoms with Crippen LogP contribution in [-0.4, -0.2) is 30.7 Å². The van der Waals surface area contributed by atoms with Crippen LogP contribution in [0.25, 0.3) is 0 Å². The number of aryl methyl sites for hydroxylation is 2. The van der Waals surface area contributed by atoms with Crippen molar-refractivity contribution in [2.75, 3.05) is 6.54 Å². The van der Waals surface area contributed by atoms with E-state index in [1.54, 1.807) is 13.8 Å². The van der Waals surface area contributed by atoms with E-state index in [-0.39, 0.29) is 4.90 Å². The molecule has 6 nitrogen and oxygen atoms in total. The molecule has 1 aliphatic rings. The fourth-order valence-electron chi connectivity index (χ4n) is 3.25. The second-order valence-corrected chi connectivity index (χ2v) is 7.67. The van der Waals surface area contributed by atoms with Crippen molar-refractivity contribution >= 4 is 10.0 Å². The third-order valence-corrected chi connectivity index (χ3v) is 6.00. The third kappa shape index (κ3) is 2.89. The monoisotopic (exact) mass is 300 g/mol. The zero-order valence-electron chi connectivity index (χ0n) is 12.4. The van der Waals surface area contributed by atoms with E-state index in [9.17, 15) is 8.42 Å². The molecule has 1 heterocycles. The average molecular weight is 300 g/mol. The van der Waals surface area contributed by atoms with Gasteiger partial charge in [0.2, 0.25) is 10.0 Å². The topological polar surface area (TPSA) is 101 Å². The number of rotatable bonds is 4. The van der Waals surface area contributed by atoms with Crippen LogP contribution in [0, 0.1) is 19.8 Å². The van der Waals surface area contributed by atoms with Gasteiger partial charge in [-0.3, -0.25) is 5.10 Å². The molecule has 0 spiro atoms. The fraction of sp³-hybridized carbons (Fsp3) is 0.769. The van der Waals surface area contributed by atoms with Gasteiger partial charge < -0.3 is 5.73 Å². The van der Waals surface area contributed by atoms with Gasteiger partial charge in [-0.15, -0.1) is 0 Å². The zero-order chi connectivity index (χ0) is 15.0. The summed E-state index contributed by atoms with van der Waals surface area (Å²) in [6.07, 6.45) is 3.72. The lowest BCUT2D eigenvalue weighted by molar-refractivity contribution is 0.223. The molecular formula is C13H24N4O2S. The predicted octanol–water partition coefficient (Wildman–Crippen LogP) is 1.21. The lowest BCUT2D eigenvalue weighted by Crippen LogP contribution is -2.55. The molecule has 1 aliphatic carbocycles. The number of hydrogen-bond acceptors (Lipinski definition) is 4. The summed E-state index contributed by atoms with van der Waals surface area (Å²) < 4.78 is 28.2. The Bertz CT molecular complexity index is 562. The number of nitrogens with two attached hydrogens (primary N) is 1. The second kappa shape index (κ2) is 5.46. The van der Waals surface area contributed by atoms with Gasteiger partial charge in [0.15, 0.2) is 0 Å². The molecule has 0 bridgehead atoms. The molecule has 20 heavy (non-hydrogen) atoms. The first-order chi connectivity index (χ1) is 9.30. The molecule has 1 aromatic heterocycles. The molecular weight excluding hydrogens is 276 g/mol. The summed E-state index contributed by atoms with van der Waals surface area (Å²) in [4.78, 5) is 0.253. The molecule has 0 radical (unpaired) electrons. The summed E-state index contributed by atoms with van der Waals surface area (Å²) in [5, 5.41) is 6.68. The average Bonchev–Trinajstić information content (AvgIpc) is 2.69. The Morgan fingerprint density at radius 2 is 2.20 bits per heavy atom. The largest absolute Gasteiger partial charge is 0.329 e. The molecule has 2 rings (SSSR count). The van der Waals surface area contributed by atoms with Crippen LogP contribution in [0.1, 0.15) is 44.0 Å². The summed E-state index contributed by atoms with van der Waals surface area (Å²) in [6.45, 7) is 5.88. The highest BCUT2D eigenvalue weighted by atomic mass is 32.2. The minimum atomic E-state index is -3.60. The Labute approximate surface area is 120 Å². The Kier molecular flexibility index (Phi) is 4.22. The molecule has 1 fully saturated rings. The summed E-state index contributed by atoms with van der Waals surface area (Å²) in [7, 11) is -3.60. The highest BCUT2D eigenvalue weighted by Crippen LogP contribution is 2.33. The highest BCUT2D eigenvalue weighted by molar-refractivity contribution is 7.89. The predicted molar refractivity (Wildman–Crippen MR) is 77.8 cm³/mol. The lowest BCUT2D eigenvalue weighted by atomic mass is 9.77. The highest BCUT2D eigenvalue weighted by Gasteiger charge is 2.38. The van der Waals surface area contributed by atoms with Crippen molar-refractivity contribution < 1.29 is 8.42 Å². The Morgan fingerprint density at radius 3 is 2.70 bits per heavy atom. The van der Waals surface area contributed by atoms with Crippen molar-refractivity contribution in [3.63, 3.8) is 0 Å². The van der Waals surface area contributed by atoms with E-state index in [1.807, 2.05) is 0 Å². The van der Waals surface area contributed by atoms with E-state index >= 15 is 0 Å². The van der Waals surface area contributed by atoms with Gasteiger partial charge in [-0.2, -0.15) is 5.10 Å². The van der Waals surface area contributed by atoms with Crippen molar-refractivity contribution in [1.29, 1.82) is 0 Å². The maximum Gasteiger partial charge on any atom is 0.244 e. The molecule has 0 amide bonds. The van der Waals surface area contributed by atoms with Gasteiger partial charge in [-0.25, -0.2) is 13.1 Å². The van der Waals surface area contributed by atoms with Crippen molar-refractivity contribution in [2.45, 2.75) is 56.9 Å². The van der Waals surface area contributed by atoms with Crippen LogP contribution in [0.5, 0.6) is 0 Å². The van der Waals surface area contributed by atoms with E-state index < -0.39 is 15.6 Å². The van der Waals surface area contributed by atoms with Gasteiger partial charge >= 0.3 is 0 Å². The van der Waals surface area contributed by atoms with E-state index in [2.05, 4.69) is 21.8 Å². The van der Waals surface area contributed by atoms with E-state index in [0.717, 1.165) is 25.7 Å². The maximum absolute atomic E-state index is 12.6. The molecule has 0 aromatic carbocycles. The van der Waals surface area contributed by atoms with Crippen molar-refractivity contribution in [3.8, 4) is 0 Å². The molecule has 7 heteroatoms. The molecule has 4 N–H and O–H groups in total. The minimum absolute atomic E-state index is 0.253. The van der Waals surface area contributed by atoms with E-state index in [0.29, 0.717) is 23.9 Å². The molecule has 2 atom stereocenters. The van der Waals surface area contributed by atoms with Crippen molar-refractivity contribution in [3.05, 3.63) is 11.4 Å². The standard InChI is InChI=1S/C13H24N4O2S/c1-9-5-4-6-13(7-9,8-14)17-20(18,19)12-10(2)15-16-11(12)3/h9,17H,4-8,14H2,1-3H3,(H,15,16). The van der Waals surface area contributed by atoms with Crippen LogP contribution in [0.2, 0.25) is 0 Å². The number of nitrogens with zero attached hydrogens (tertiary/aromatic N) is 1. The normalized spacial score (nSPS) is 27.7. The lowest BCUT2D eigenvalue weighted by Gasteiger charge is -2.39. The van der Waals surface area contributed by atoms with Gasteiger partial charge in [0.1, 0.15) is 4.90 Å². The first-order valence-electron chi connectivity index (χ1n) is 7.05. The van der Waals surface area contributed by atoms with Gasteiger partial charge in [0, 0.05) is 12.1 Å². The molecule has 0 saturated heterocycles. The third-order valence-electron chi connectivity index (χ3n) is 4.16. The molecule has 2 unspecified atom stereocenters. The number of sulfonamides is 1. The van der Waals surface area contributed by atoms with Crippen LogP contribution in [0.15, 0.2) is 4.90 Å². The molecule has 1 aromatic rings. The quantitative estimate of drug-likeness (QED) is 0.778. The second-order valence-electron chi connectivity index (χ2n) is 6.05. The smallest absolute Gasteiger partial charge is 0.244 e. The Balaban J connectivity index is 2.31. The number of H-pyrrole nitrogens is 1. The minimum Gasteiger partial charge on any atom is -0.329 e. The summed E-state index contributed by atoms with van der Waals surface area (Å²) in [5.41, 5.74) is 6.42. The van der Waals surface area contributed by atoms with Crippen LogP contribution in [-0.2, 0) is 10.0 Å². The number of nitrogens with one attached hydrogen (secondary N) is 2. The van der Waals surface area contributed by atoms with Crippen molar-refractivity contribution in [1.82, 2.24) is 14.9 Å². The van der Waals surface area contributed by atoms with Gasteiger partial charge in [0.05, 0.1) is 11.4 Å². The molecule has 0 aliphatic heterocycles. The number of aromatic nitrogens is 2. The van der Waals surface area contributed by atoms with Crippen LogP contribution < -0.4 is 10.5 Å². The first-order valence-corrected chi connectivity index (χ1v) is 8.53.